The lowest BCUT2D eigenvalue weighted by atomic mass is 10.1. The first kappa shape index (κ1) is 11.3. The maximum Gasteiger partial charge on any atom is 0.185 e. The van der Waals surface area contributed by atoms with Crippen LogP contribution in [-0.4, -0.2) is 5.78 Å². The molecule has 0 N–H and O–H groups in total. The number of rotatable bonds is 3. The van der Waals surface area contributed by atoms with E-state index in [1.165, 1.54) is 0 Å². The van der Waals surface area contributed by atoms with E-state index in [1.807, 2.05) is 54.6 Å². The van der Waals surface area contributed by atoms with Gasteiger partial charge in [-0.1, -0.05) is 66.8 Å². The molecule has 1 aromatic rings. The van der Waals surface area contributed by atoms with E-state index in [2.05, 4.69) is 12.2 Å². The van der Waals surface area contributed by atoms with Crippen LogP contribution in [0, 0.1) is 0 Å². The molecule has 1 aliphatic carbocycles. The highest BCUT2D eigenvalue weighted by Gasteiger charge is 1.99. The number of allylic oxidation sites excluding steroid dienone is 8. The summed E-state index contributed by atoms with van der Waals surface area (Å²) in [6.07, 6.45) is 14.6. The lowest BCUT2D eigenvalue weighted by molar-refractivity contribution is 0.104. The van der Waals surface area contributed by atoms with Crippen molar-refractivity contribution in [1.82, 2.24) is 0 Å². The summed E-state index contributed by atoms with van der Waals surface area (Å²) in [6, 6.07) is 9.29. The molecule has 0 aliphatic heterocycles. The number of carbonyl (C=O) groups excluding carboxylic acids is 1. The predicted octanol–water partition coefficient (Wildman–Crippen LogP) is 3.87. The van der Waals surface area contributed by atoms with Crippen molar-refractivity contribution in [2.45, 2.75) is 6.42 Å². The van der Waals surface area contributed by atoms with Gasteiger partial charge < -0.3 is 0 Å². The van der Waals surface area contributed by atoms with Crippen LogP contribution in [0.5, 0.6) is 0 Å². The Bertz CT molecular complexity index is 502. The van der Waals surface area contributed by atoms with Crippen LogP contribution in [0.1, 0.15) is 16.8 Å². The lowest BCUT2D eigenvalue weighted by Crippen LogP contribution is -1.92. The third-order valence-electron chi connectivity index (χ3n) is 2.49. The molecule has 0 heterocycles. The monoisotopic (exact) mass is 222 g/mol. The second-order valence-corrected chi connectivity index (χ2v) is 3.80. The fraction of sp³-hybridized carbons (Fsp3) is 0.0625. The molecule has 0 fully saturated rings. The molecule has 0 aromatic heterocycles. The van der Waals surface area contributed by atoms with Crippen molar-refractivity contribution >= 4 is 5.78 Å². The Kier molecular flexibility index (Phi) is 3.87. The summed E-state index contributed by atoms with van der Waals surface area (Å²) >= 11 is 0. The minimum Gasteiger partial charge on any atom is -0.289 e. The van der Waals surface area contributed by atoms with Crippen LogP contribution >= 0.6 is 0 Å². The fourth-order valence-corrected chi connectivity index (χ4v) is 1.58. The van der Waals surface area contributed by atoms with Gasteiger partial charge in [-0.3, -0.25) is 4.79 Å². The highest BCUT2D eigenvalue weighted by molar-refractivity contribution is 6.04. The van der Waals surface area contributed by atoms with Crippen molar-refractivity contribution in [2.24, 2.45) is 0 Å². The summed E-state index contributed by atoms with van der Waals surface area (Å²) < 4.78 is 0. The van der Waals surface area contributed by atoms with Crippen LogP contribution in [0.4, 0.5) is 0 Å². The van der Waals surface area contributed by atoms with E-state index in [0.29, 0.717) is 0 Å². The Labute approximate surface area is 101 Å². The zero-order chi connectivity index (χ0) is 11.9. The maximum absolute atomic E-state index is 11.8. The average Bonchev–Trinajstić information content (AvgIpc) is 2.65. The SMILES string of the molecule is O=C(/C=C/C1=CC=CCC=C1)c1ccccc1. The molecular formula is C16H14O. The Morgan fingerprint density at radius 3 is 2.76 bits per heavy atom. The standard InChI is InChI=1S/C16H14O/c17-16(15-10-6-3-7-11-15)13-12-14-8-4-1-2-5-9-14/h1,3-13H,2H2/b13-12+. The van der Waals surface area contributed by atoms with E-state index in [9.17, 15) is 4.79 Å². The van der Waals surface area contributed by atoms with Crippen LogP contribution in [0.15, 0.2) is 78.4 Å². The molecule has 1 aliphatic rings. The van der Waals surface area contributed by atoms with Crippen LogP contribution in [-0.2, 0) is 0 Å². The lowest BCUT2D eigenvalue weighted by Gasteiger charge is -1.94. The highest BCUT2D eigenvalue weighted by Crippen LogP contribution is 2.07. The molecule has 0 spiro atoms. The van der Waals surface area contributed by atoms with Crippen molar-refractivity contribution in [3.05, 3.63) is 84.0 Å². The van der Waals surface area contributed by atoms with Gasteiger partial charge in [0.25, 0.3) is 0 Å². The molecule has 0 unspecified atom stereocenters. The molecule has 0 saturated heterocycles. The van der Waals surface area contributed by atoms with Crippen LogP contribution < -0.4 is 0 Å². The molecule has 0 atom stereocenters. The Morgan fingerprint density at radius 1 is 1.12 bits per heavy atom. The summed E-state index contributed by atoms with van der Waals surface area (Å²) in [6.45, 7) is 0. The van der Waals surface area contributed by atoms with Crippen LogP contribution in [0.2, 0.25) is 0 Å². The van der Waals surface area contributed by atoms with Gasteiger partial charge in [0.05, 0.1) is 0 Å². The van der Waals surface area contributed by atoms with E-state index < -0.39 is 0 Å². The third-order valence-corrected chi connectivity index (χ3v) is 2.49. The molecule has 0 bridgehead atoms. The molecule has 17 heavy (non-hydrogen) atoms. The summed E-state index contributed by atoms with van der Waals surface area (Å²) in [5, 5.41) is 0. The molecule has 0 amide bonds. The molecule has 0 saturated carbocycles. The summed E-state index contributed by atoms with van der Waals surface area (Å²) in [4.78, 5) is 11.8. The normalized spacial score (nSPS) is 14.7. The molecule has 1 heteroatoms. The van der Waals surface area contributed by atoms with Gasteiger partial charge in [0.15, 0.2) is 5.78 Å². The van der Waals surface area contributed by atoms with Crippen LogP contribution in [0.25, 0.3) is 0 Å². The molecule has 84 valence electrons. The minimum absolute atomic E-state index is 0.0353. The van der Waals surface area contributed by atoms with Gasteiger partial charge >= 0.3 is 0 Å². The van der Waals surface area contributed by atoms with E-state index in [1.54, 1.807) is 6.08 Å². The van der Waals surface area contributed by atoms with Crippen molar-refractivity contribution in [2.75, 3.05) is 0 Å². The second kappa shape index (κ2) is 5.80. The average molecular weight is 222 g/mol. The zero-order valence-corrected chi connectivity index (χ0v) is 9.54. The zero-order valence-electron chi connectivity index (χ0n) is 9.54. The van der Waals surface area contributed by atoms with Crippen molar-refractivity contribution < 1.29 is 4.79 Å². The largest absolute Gasteiger partial charge is 0.289 e. The quantitative estimate of drug-likeness (QED) is 0.560. The predicted molar refractivity (Wildman–Crippen MR) is 70.9 cm³/mol. The first-order chi connectivity index (χ1) is 8.36. The molecule has 1 nitrogen and oxygen atoms in total. The van der Waals surface area contributed by atoms with Crippen molar-refractivity contribution in [3.63, 3.8) is 0 Å². The second-order valence-electron chi connectivity index (χ2n) is 3.80. The third kappa shape index (κ3) is 3.42. The fourth-order valence-electron chi connectivity index (χ4n) is 1.58. The number of benzene rings is 1. The summed E-state index contributed by atoms with van der Waals surface area (Å²) in [5.74, 6) is 0.0353. The Balaban J connectivity index is 2.09. The minimum atomic E-state index is 0.0353. The number of hydrogen-bond acceptors (Lipinski definition) is 1. The van der Waals surface area contributed by atoms with Gasteiger partial charge in [-0.25, -0.2) is 0 Å². The van der Waals surface area contributed by atoms with E-state index in [-0.39, 0.29) is 5.78 Å². The highest BCUT2D eigenvalue weighted by atomic mass is 16.1. The molecule has 1 aromatic carbocycles. The van der Waals surface area contributed by atoms with E-state index in [4.69, 9.17) is 0 Å². The first-order valence-corrected chi connectivity index (χ1v) is 5.67. The Hall–Kier alpha value is -2.15. The van der Waals surface area contributed by atoms with Gasteiger partial charge in [-0.15, -0.1) is 0 Å². The van der Waals surface area contributed by atoms with Gasteiger partial charge in [0, 0.05) is 5.56 Å². The summed E-state index contributed by atoms with van der Waals surface area (Å²) in [7, 11) is 0. The van der Waals surface area contributed by atoms with E-state index >= 15 is 0 Å². The number of carbonyl (C=O) groups is 1. The van der Waals surface area contributed by atoms with Crippen molar-refractivity contribution in [1.29, 1.82) is 0 Å². The smallest absolute Gasteiger partial charge is 0.185 e. The van der Waals surface area contributed by atoms with Gasteiger partial charge in [0.1, 0.15) is 0 Å². The summed E-state index contributed by atoms with van der Waals surface area (Å²) in [5.41, 5.74) is 1.76. The first-order valence-electron chi connectivity index (χ1n) is 5.67. The maximum atomic E-state index is 11.8. The topological polar surface area (TPSA) is 17.1 Å². The van der Waals surface area contributed by atoms with Gasteiger partial charge in [-0.2, -0.15) is 0 Å². The molecular weight excluding hydrogens is 208 g/mol. The Morgan fingerprint density at radius 2 is 1.94 bits per heavy atom. The van der Waals surface area contributed by atoms with Gasteiger partial charge in [-0.05, 0) is 18.1 Å². The molecule has 0 radical (unpaired) electrons. The van der Waals surface area contributed by atoms with E-state index in [0.717, 1.165) is 17.6 Å². The van der Waals surface area contributed by atoms with Crippen LogP contribution in [0.3, 0.4) is 0 Å². The number of hydrogen-bond donors (Lipinski definition) is 0. The van der Waals surface area contributed by atoms with Crippen molar-refractivity contribution in [3.8, 4) is 0 Å². The molecule has 2 rings (SSSR count). The van der Waals surface area contributed by atoms with Gasteiger partial charge in [0.2, 0.25) is 0 Å². The number of ketones is 1.